The Morgan fingerprint density at radius 2 is 2.18 bits per heavy atom. The quantitative estimate of drug-likeness (QED) is 0.721. The summed E-state index contributed by atoms with van der Waals surface area (Å²) in [6.45, 7) is 0. The fourth-order valence-corrected chi connectivity index (χ4v) is 2.21. The van der Waals surface area contributed by atoms with Crippen LogP contribution >= 0.6 is 0 Å². The molecule has 1 atom stereocenters. The molecule has 2 rings (SSSR count). The van der Waals surface area contributed by atoms with Gasteiger partial charge < -0.3 is 20.7 Å². The number of methoxy groups -OCH3 is 1. The first-order valence-electron chi connectivity index (χ1n) is 5.37. The van der Waals surface area contributed by atoms with Crippen molar-refractivity contribution in [1.29, 1.82) is 0 Å². The summed E-state index contributed by atoms with van der Waals surface area (Å²) in [5, 5.41) is 18.4. The van der Waals surface area contributed by atoms with Gasteiger partial charge in [-0.05, 0) is 18.9 Å². The highest BCUT2D eigenvalue weighted by Gasteiger charge is 2.53. The molecule has 1 aromatic carbocycles. The molecule has 1 saturated carbocycles. The molecule has 0 heterocycles. The number of carbonyl (C=O) groups is 1. The maximum absolute atomic E-state index is 11.0. The van der Waals surface area contributed by atoms with Gasteiger partial charge in [-0.15, -0.1) is 0 Å². The van der Waals surface area contributed by atoms with Crippen molar-refractivity contribution < 1.29 is 19.7 Å². The molecular weight excluding hydrogens is 222 g/mol. The molecule has 1 fully saturated rings. The molecule has 0 saturated heterocycles. The van der Waals surface area contributed by atoms with Crippen molar-refractivity contribution in [3.8, 4) is 11.5 Å². The molecule has 0 spiro atoms. The van der Waals surface area contributed by atoms with Crippen molar-refractivity contribution in [2.45, 2.75) is 24.3 Å². The standard InChI is InChI=1S/C12H15NO4/c1-17-9-6-7(14)2-3-8(9)12(4-5-12)10(13)11(15)16/h2-3,6,10,14H,4-5,13H2,1H3,(H,15,16). The number of carboxylic acid groups (broad SMARTS) is 1. The molecular formula is C12H15NO4. The zero-order chi connectivity index (χ0) is 12.6. The zero-order valence-electron chi connectivity index (χ0n) is 9.51. The first-order valence-corrected chi connectivity index (χ1v) is 5.37. The van der Waals surface area contributed by atoms with E-state index < -0.39 is 17.4 Å². The molecule has 1 aliphatic rings. The minimum absolute atomic E-state index is 0.0882. The van der Waals surface area contributed by atoms with Crippen LogP contribution in [0.2, 0.25) is 0 Å². The summed E-state index contributed by atoms with van der Waals surface area (Å²) in [4.78, 5) is 11.0. The topological polar surface area (TPSA) is 92.8 Å². The van der Waals surface area contributed by atoms with E-state index in [1.54, 1.807) is 6.07 Å². The van der Waals surface area contributed by atoms with Crippen molar-refractivity contribution in [2.24, 2.45) is 5.73 Å². The number of ether oxygens (including phenoxy) is 1. The van der Waals surface area contributed by atoms with Gasteiger partial charge in [-0.1, -0.05) is 6.07 Å². The van der Waals surface area contributed by atoms with Crippen LogP contribution in [0.4, 0.5) is 0 Å². The summed E-state index contributed by atoms with van der Waals surface area (Å²) in [6, 6.07) is 3.74. The van der Waals surface area contributed by atoms with E-state index in [2.05, 4.69) is 0 Å². The van der Waals surface area contributed by atoms with Gasteiger partial charge in [0.05, 0.1) is 7.11 Å². The summed E-state index contributed by atoms with van der Waals surface area (Å²) < 4.78 is 5.17. The van der Waals surface area contributed by atoms with Crippen molar-refractivity contribution >= 4 is 5.97 Å². The number of aliphatic carboxylic acids is 1. The summed E-state index contributed by atoms with van der Waals surface area (Å²) in [6.07, 6.45) is 1.45. The molecule has 1 aromatic rings. The Bertz CT molecular complexity index is 454. The van der Waals surface area contributed by atoms with Crippen LogP contribution < -0.4 is 10.5 Å². The van der Waals surface area contributed by atoms with Gasteiger partial charge in [-0.25, -0.2) is 0 Å². The van der Waals surface area contributed by atoms with Crippen molar-refractivity contribution in [2.75, 3.05) is 7.11 Å². The number of phenolic OH excluding ortho intramolecular Hbond substituents is 1. The van der Waals surface area contributed by atoms with E-state index in [1.165, 1.54) is 19.2 Å². The van der Waals surface area contributed by atoms with Gasteiger partial charge in [0, 0.05) is 17.0 Å². The van der Waals surface area contributed by atoms with Crippen LogP contribution in [-0.4, -0.2) is 29.3 Å². The highest BCUT2D eigenvalue weighted by Crippen LogP contribution is 2.53. The number of benzene rings is 1. The number of phenols is 1. The van der Waals surface area contributed by atoms with Gasteiger partial charge in [0.15, 0.2) is 0 Å². The highest BCUT2D eigenvalue weighted by atomic mass is 16.5. The highest BCUT2D eigenvalue weighted by molar-refractivity contribution is 5.77. The van der Waals surface area contributed by atoms with Gasteiger partial charge in [0.2, 0.25) is 0 Å². The molecule has 0 amide bonds. The van der Waals surface area contributed by atoms with E-state index in [-0.39, 0.29) is 5.75 Å². The lowest BCUT2D eigenvalue weighted by molar-refractivity contribution is -0.139. The van der Waals surface area contributed by atoms with Crippen LogP contribution in [0, 0.1) is 0 Å². The Morgan fingerprint density at radius 3 is 2.65 bits per heavy atom. The zero-order valence-corrected chi connectivity index (χ0v) is 9.51. The van der Waals surface area contributed by atoms with Crippen molar-refractivity contribution in [1.82, 2.24) is 0 Å². The molecule has 0 aromatic heterocycles. The van der Waals surface area contributed by atoms with Crippen LogP contribution in [0.5, 0.6) is 11.5 Å². The van der Waals surface area contributed by atoms with Crippen LogP contribution in [0.1, 0.15) is 18.4 Å². The molecule has 0 aliphatic heterocycles. The van der Waals surface area contributed by atoms with E-state index in [0.29, 0.717) is 5.75 Å². The predicted octanol–water partition coefficient (Wildman–Crippen LogP) is 0.844. The van der Waals surface area contributed by atoms with E-state index in [1.807, 2.05) is 0 Å². The number of nitrogens with two attached hydrogens (primary N) is 1. The Balaban J connectivity index is 2.43. The molecule has 1 unspecified atom stereocenters. The Hall–Kier alpha value is -1.75. The van der Waals surface area contributed by atoms with E-state index in [9.17, 15) is 9.90 Å². The maximum Gasteiger partial charge on any atom is 0.321 e. The van der Waals surface area contributed by atoms with Crippen LogP contribution in [0.3, 0.4) is 0 Å². The minimum atomic E-state index is -1.02. The second kappa shape index (κ2) is 3.92. The fourth-order valence-electron chi connectivity index (χ4n) is 2.21. The average Bonchev–Trinajstić information content (AvgIpc) is 3.09. The molecule has 92 valence electrons. The second-order valence-electron chi connectivity index (χ2n) is 4.36. The predicted molar refractivity (Wildman–Crippen MR) is 61.2 cm³/mol. The first-order chi connectivity index (χ1) is 8.01. The largest absolute Gasteiger partial charge is 0.508 e. The second-order valence-corrected chi connectivity index (χ2v) is 4.36. The molecule has 1 aliphatic carbocycles. The van der Waals surface area contributed by atoms with Gasteiger partial charge in [0.25, 0.3) is 0 Å². The number of rotatable bonds is 4. The van der Waals surface area contributed by atoms with Crippen molar-refractivity contribution in [3.63, 3.8) is 0 Å². The summed E-state index contributed by atoms with van der Waals surface area (Å²) >= 11 is 0. The Kier molecular flexibility index (Phi) is 2.71. The van der Waals surface area contributed by atoms with Crippen LogP contribution in [-0.2, 0) is 10.2 Å². The summed E-state index contributed by atoms with van der Waals surface area (Å²) in [5.41, 5.74) is 5.94. The van der Waals surface area contributed by atoms with Crippen molar-refractivity contribution in [3.05, 3.63) is 23.8 Å². The van der Waals surface area contributed by atoms with Gasteiger partial charge in [-0.2, -0.15) is 0 Å². The molecule has 4 N–H and O–H groups in total. The Labute approximate surface area is 98.8 Å². The number of aromatic hydroxyl groups is 1. The van der Waals surface area contributed by atoms with Crippen LogP contribution in [0.15, 0.2) is 18.2 Å². The lowest BCUT2D eigenvalue weighted by atomic mass is 9.87. The van der Waals surface area contributed by atoms with Gasteiger partial charge in [0.1, 0.15) is 17.5 Å². The smallest absolute Gasteiger partial charge is 0.321 e. The first kappa shape index (κ1) is 11.7. The lowest BCUT2D eigenvalue weighted by Gasteiger charge is -2.22. The monoisotopic (exact) mass is 237 g/mol. The molecule has 0 bridgehead atoms. The number of hydrogen-bond acceptors (Lipinski definition) is 4. The SMILES string of the molecule is COc1cc(O)ccc1C1(C(N)C(=O)O)CC1. The normalized spacial score (nSPS) is 18.5. The van der Waals surface area contributed by atoms with E-state index >= 15 is 0 Å². The van der Waals surface area contributed by atoms with Gasteiger partial charge >= 0.3 is 5.97 Å². The van der Waals surface area contributed by atoms with E-state index in [4.69, 9.17) is 15.6 Å². The average molecular weight is 237 g/mol. The Morgan fingerprint density at radius 1 is 1.53 bits per heavy atom. The third-order valence-corrected chi connectivity index (χ3v) is 3.37. The molecule has 5 nitrogen and oxygen atoms in total. The summed E-state index contributed by atoms with van der Waals surface area (Å²) in [5.74, 6) is -0.442. The molecule has 17 heavy (non-hydrogen) atoms. The number of carboxylic acids is 1. The molecule has 5 heteroatoms. The summed E-state index contributed by atoms with van der Waals surface area (Å²) in [7, 11) is 1.49. The third kappa shape index (κ3) is 1.82. The fraction of sp³-hybridized carbons (Fsp3) is 0.417. The lowest BCUT2D eigenvalue weighted by Crippen LogP contribution is -2.42. The van der Waals surface area contributed by atoms with Gasteiger partial charge in [-0.3, -0.25) is 4.79 Å². The third-order valence-electron chi connectivity index (χ3n) is 3.37. The molecule has 0 radical (unpaired) electrons. The number of hydrogen-bond donors (Lipinski definition) is 3. The maximum atomic E-state index is 11.0. The van der Waals surface area contributed by atoms with E-state index in [0.717, 1.165) is 18.4 Å². The van der Waals surface area contributed by atoms with Crippen LogP contribution in [0.25, 0.3) is 0 Å². The minimum Gasteiger partial charge on any atom is -0.508 e.